The Morgan fingerprint density at radius 2 is 2.31 bits per heavy atom. The number of hydrogen-bond donors (Lipinski definition) is 0. The van der Waals surface area contributed by atoms with E-state index in [-0.39, 0.29) is 5.82 Å². The van der Waals surface area contributed by atoms with Gasteiger partial charge in [-0.1, -0.05) is 21.1 Å². The summed E-state index contributed by atoms with van der Waals surface area (Å²) in [5.74, 6) is -0.350. The second-order valence-electron chi connectivity index (χ2n) is 3.18. The summed E-state index contributed by atoms with van der Waals surface area (Å²) < 4.78 is 20.6. The minimum absolute atomic E-state index is 0.350. The lowest BCUT2D eigenvalue weighted by molar-refractivity contribution is 0.181. The van der Waals surface area contributed by atoms with E-state index < -0.39 is 0 Å². The highest BCUT2D eigenvalue weighted by Crippen LogP contribution is 2.18. The van der Waals surface area contributed by atoms with Crippen molar-refractivity contribution in [3.63, 3.8) is 0 Å². The third-order valence-corrected chi connectivity index (χ3v) is 2.48. The van der Waals surface area contributed by atoms with Crippen LogP contribution in [0.4, 0.5) is 4.39 Å². The SMILES string of the molecule is COCc1cn(-c2cc(Br)ccc2F)nn1. The van der Waals surface area contributed by atoms with Crippen molar-refractivity contribution in [1.29, 1.82) is 0 Å². The number of methoxy groups -OCH3 is 1. The first-order valence-electron chi connectivity index (χ1n) is 4.56. The number of hydrogen-bond acceptors (Lipinski definition) is 3. The van der Waals surface area contributed by atoms with Crippen molar-refractivity contribution < 1.29 is 9.13 Å². The van der Waals surface area contributed by atoms with Gasteiger partial charge in [-0.2, -0.15) is 0 Å². The molecule has 0 bridgehead atoms. The Hall–Kier alpha value is -1.27. The molecule has 4 nitrogen and oxygen atoms in total. The maximum Gasteiger partial charge on any atom is 0.148 e. The normalized spacial score (nSPS) is 10.7. The molecule has 0 fully saturated rings. The standard InChI is InChI=1S/C10H9BrFN3O/c1-16-6-8-5-15(14-13-8)10-4-7(11)2-3-9(10)12/h2-5H,6H2,1H3. The zero-order valence-corrected chi connectivity index (χ0v) is 10.1. The van der Waals surface area contributed by atoms with Crippen LogP contribution in [0.5, 0.6) is 0 Å². The molecule has 0 N–H and O–H groups in total. The molecule has 0 unspecified atom stereocenters. The molecule has 0 aliphatic heterocycles. The molecule has 16 heavy (non-hydrogen) atoms. The predicted molar refractivity (Wildman–Crippen MR) is 59.7 cm³/mol. The second-order valence-corrected chi connectivity index (χ2v) is 4.10. The average Bonchev–Trinajstić information content (AvgIpc) is 2.71. The number of ether oxygens (including phenoxy) is 1. The van der Waals surface area contributed by atoms with Gasteiger partial charge < -0.3 is 4.74 Å². The highest BCUT2D eigenvalue weighted by atomic mass is 79.9. The van der Waals surface area contributed by atoms with Crippen LogP contribution in [0.25, 0.3) is 5.69 Å². The van der Waals surface area contributed by atoms with E-state index in [1.54, 1.807) is 25.4 Å². The first-order chi connectivity index (χ1) is 7.70. The zero-order chi connectivity index (χ0) is 11.5. The Balaban J connectivity index is 2.38. The van der Waals surface area contributed by atoms with Crippen molar-refractivity contribution in [3.8, 4) is 5.69 Å². The quantitative estimate of drug-likeness (QED) is 0.869. The van der Waals surface area contributed by atoms with Gasteiger partial charge in [-0.25, -0.2) is 9.07 Å². The van der Waals surface area contributed by atoms with Gasteiger partial charge in [-0.3, -0.25) is 0 Å². The highest BCUT2D eigenvalue weighted by molar-refractivity contribution is 9.10. The van der Waals surface area contributed by atoms with Crippen LogP contribution >= 0.6 is 15.9 Å². The van der Waals surface area contributed by atoms with Gasteiger partial charge in [0.25, 0.3) is 0 Å². The molecule has 0 saturated heterocycles. The van der Waals surface area contributed by atoms with Crippen molar-refractivity contribution in [3.05, 3.63) is 40.4 Å². The van der Waals surface area contributed by atoms with E-state index in [0.717, 1.165) is 4.47 Å². The molecule has 0 aliphatic rings. The van der Waals surface area contributed by atoms with E-state index in [1.165, 1.54) is 10.7 Å². The fraction of sp³-hybridized carbons (Fsp3) is 0.200. The number of nitrogens with zero attached hydrogens (tertiary/aromatic N) is 3. The largest absolute Gasteiger partial charge is 0.378 e. The molecule has 2 aromatic rings. The fourth-order valence-corrected chi connectivity index (χ4v) is 1.64. The fourth-order valence-electron chi connectivity index (χ4n) is 1.29. The van der Waals surface area contributed by atoms with Crippen LogP contribution in [0, 0.1) is 5.82 Å². The lowest BCUT2D eigenvalue weighted by Gasteiger charge is -2.02. The maximum atomic E-state index is 13.5. The summed E-state index contributed by atoms with van der Waals surface area (Å²) in [7, 11) is 1.57. The molecule has 0 amide bonds. The molecule has 0 spiro atoms. The Labute approximate surface area is 100 Å². The lowest BCUT2D eigenvalue weighted by Crippen LogP contribution is -1.98. The third kappa shape index (κ3) is 2.28. The topological polar surface area (TPSA) is 39.9 Å². The monoisotopic (exact) mass is 285 g/mol. The third-order valence-electron chi connectivity index (χ3n) is 1.99. The molecule has 0 saturated carbocycles. The first kappa shape index (κ1) is 11.2. The second kappa shape index (κ2) is 4.71. The van der Waals surface area contributed by atoms with Gasteiger partial charge >= 0.3 is 0 Å². The van der Waals surface area contributed by atoms with E-state index in [9.17, 15) is 4.39 Å². The van der Waals surface area contributed by atoms with Gasteiger partial charge in [0.05, 0.1) is 12.8 Å². The summed E-state index contributed by atoms with van der Waals surface area (Å²) in [5, 5.41) is 7.69. The number of aromatic nitrogens is 3. The summed E-state index contributed by atoms with van der Waals surface area (Å²) in [5.41, 5.74) is 1.01. The van der Waals surface area contributed by atoms with Crippen molar-refractivity contribution >= 4 is 15.9 Å². The van der Waals surface area contributed by atoms with Gasteiger partial charge in [0.1, 0.15) is 17.2 Å². The Bertz CT molecular complexity index is 501. The van der Waals surface area contributed by atoms with Crippen molar-refractivity contribution in [2.75, 3.05) is 7.11 Å². The average molecular weight is 286 g/mol. The summed E-state index contributed by atoms with van der Waals surface area (Å²) in [6, 6.07) is 4.64. The van der Waals surface area contributed by atoms with Crippen LogP contribution in [0.15, 0.2) is 28.9 Å². The smallest absolute Gasteiger partial charge is 0.148 e. The van der Waals surface area contributed by atoms with Crippen molar-refractivity contribution in [2.45, 2.75) is 6.61 Å². The molecule has 0 atom stereocenters. The van der Waals surface area contributed by atoms with Crippen molar-refractivity contribution in [2.24, 2.45) is 0 Å². The van der Waals surface area contributed by atoms with Crippen LogP contribution < -0.4 is 0 Å². The summed E-state index contributed by atoms with van der Waals surface area (Å²) in [4.78, 5) is 0. The van der Waals surface area contributed by atoms with Gasteiger partial charge in [0.2, 0.25) is 0 Å². The van der Waals surface area contributed by atoms with Gasteiger partial charge in [-0.15, -0.1) is 5.10 Å². The summed E-state index contributed by atoms with van der Waals surface area (Å²) >= 11 is 3.28. The van der Waals surface area contributed by atoms with Gasteiger partial charge in [-0.05, 0) is 18.2 Å². The molecular formula is C10H9BrFN3O. The molecule has 1 heterocycles. The van der Waals surface area contributed by atoms with E-state index in [0.29, 0.717) is 18.0 Å². The van der Waals surface area contributed by atoms with E-state index in [1.807, 2.05) is 0 Å². The van der Waals surface area contributed by atoms with Crippen LogP contribution in [-0.4, -0.2) is 22.1 Å². The summed E-state index contributed by atoms with van der Waals surface area (Å²) in [6.45, 7) is 0.357. The Morgan fingerprint density at radius 3 is 3.06 bits per heavy atom. The van der Waals surface area contributed by atoms with E-state index >= 15 is 0 Å². The van der Waals surface area contributed by atoms with Gasteiger partial charge in [0, 0.05) is 11.6 Å². The Kier molecular flexibility index (Phi) is 3.31. The predicted octanol–water partition coefficient (Wildman–Crippen LogP) is 2.32. The number of rotatable bonds is 3. The zero-order valence-electron chi connectivity index (χ0n) is 8.52. The summed E-state index contributed by atoms with van der Waals surface area (Å²) in [6.07, 6.45) is 1.63. The molecule has 0 radical (unpaired) electrons. The molecule has 6 heteroatoms. The Morgan fingerprint density at radius 1 is 1.50 bits per heavy atom. The number of benzene rings is 1. The van der Waals surface area contributed by atoms with Crippen LogP contribution in [-0.2, 0) is 11.3 Å². The van der Waals surface area contributed by atoms with Crippen molar-refractivity contribution in [1.82, 2.24) is 15.0 Å². The van der Waals surface area contributed by atoms with Crippen LogP contribution in [0.3, 0.4) is 0 Å². The molecule has 84 valence electrons. The molecule has 1 aromatic carbocycles. The molecule has 0 aliphatic carbocycles. The minimum atomic E-state index is -0.350. The maximum absolute atomic E-state index is 13.5. The molecule has 2 rings (SSSR count). The van der Waals surface area contributed by atoms with E-state index in [2.05, 4.69) is 26.2 Å². The van der Waals surface area contributed by atoms with Crippen LogP contribution in [0.1, 0.15) is 5.69 Å². The lowest BCUT2D eigenvalue weighted by atomic mass is 10.3. The molecule has 1 aromatic heterocycles. The van der Waals surface area contributed by atoms with Crippen LogP contribution in [0.2, 0.25) is 0 Å². The molecular weight excluding hydrogens is 277 g/mol. The van der Waals surface area contributed by atoms with Gasteiger partial charge in [0.15, 0.2) is 0 Å². The van der Waals surface area contributed by atoms with E-state index in [4.69, 9.17) is 4.74 Å². The number of halogens is 2. The first-order valence-corrected chi connectivity index (χ1v) is 5.35. The highest BCUT2D eigenvalue weighted by Gasteiger charge is 2.08. The minimum Gasteiger partial charge on any atom is -0.378 e.